The molecular formula is C23H25N3O3S. The first-order valence-electron chi connectivity index (χ1n) is 9.91. The Kier molecular flexibility index (Phi) is 6.30. The maximum absolute atomic E-state index is 12.8. The first kappa shape index (κ1) is 20.4. The number of thiazole rings is 1. The molecule has 0 unspecified atom stereocenters. The molecule has 1 amide bonds. The maximum Gasteiger partial charge on any atom is 0.254 e. The molecule has 0 radical (unpaired) electrons. The fourth-order valence-electron chi connectivity index (χ4n) is 3.52. The largest absolute Gasteiger partial charge is 0.497 e. The summed E-state index contributed by atoms with van der Waals surface area (Å²) in [5.74, 6) is 1.61. The van der Waals surface area contributed by atoms with Crippen LogP contribution in [0, 0.1) is 0 Å². The number of amides is 1. The molecule has 4 rings (SSSR count). The van der Waals surface area contributed by atoms with Gasteiger partial charge in [0.05, 0.1) is 26.5 Å². The van der Waals surface area contributed by atoms with Gasteiger partial charge in [0.25, 0.3) is 5.91 Å². The van der Waals surface area contributed by atoms with Gasteiger partial charge in [-0.3, -0.25) is 9.69 Å². The summed E-state index contributed by atoms with van der Waals surface area (Å²) in [6, 6.07) is 15.3. The molecule has 0 N–H and O–H groups in total. The van der Waals surface area contributed by atoms with Gasteiger partial charge in [-0.15, -0.1) is 11.3 Å². The third-order valence-electron chi connectivity index (χ3n) is 5.27. The molecular weight excluding hydrogens is 398 g/mol. The Bertz CT molecular complexity index is 995. The van der Waals surface area contributed by atoms with Gasteiger partial charge >= 0.3 is 0 Å². The molecule has 1 fully saturated rings. The Labute approximate surface area is 180 Å². The normalized spacial score (nSPS) is 14.5. The number of nitrogens with zero attached hydrogens (tertiary/aromatic N) is 3. The number of rotatable bonds is 6. The molecule has 0 bridgehead atoms. The molecule has 7 heteroatoms. The van der Waals surface area contributed by atoms with Gasteiger partial charge in [-0.25, -0.2) is 4.98 Å². The Morgan fingerprint density at radius 1 is 1.00 bits per heavy atom. The van der Waals surface area contributed by atoms with Crippen molar-refractivity contribution >= 4 is 17.2 Å². The predicted molar refractivity (Wildman–Crippen MR) is 118 cm³/mol. The second-order valence-electron chi connectivity index (χ2n) is 7.16. The van der Waals surface area contributed by atoms with Crippen molar-refractivity contribution < 1.29 is 14.3 Å². The van der Waals surface area contributed by atoms with Gasteiger partial charge in [0.1, 0.15) is 16.5 Å². The van der Waals surface area contributed by atoms with Crippen LogP contribution < -0.4 is 9.47 Å². The smallest absolute Gasteiger partial charge is 0.254 e. The van der Waals surface area contributed by atoms with Crippen LogP contribution in [0.3, 0.4) is 0 Å². The number of benzene rings is 2. The molecule has 2 heterocycles. The molecule has 0 saturated carbocycles. The highest BCUT2D eigenvalue weighted by Gasteiger charge is 2.23. The minimum absolute atomic E-state index is 0.0598. The monoisotopic (exact) mass is 423 g/mol. The van der Waals surface area contributed by atoms with E-state index < -0.39 is 0 Å². The maximum atomic E-state index is 12.8. The van der Waals surface area contributed by atoms with Gasteiger partial charge in [0.15, 0.2) is 0 Å². The molecule has 0 spiro atoms. The molecule has 1 aromatic heterocycles. The van der Waals surface area contributed by atoms with E-state index in [4.69, 9.17) is 14.5 Å². The van der Waals surface area contributed by atoms with Crippen LogP contribution in [-0.4, -0.2) is 61.1 Å². The van der Waals surface area contributed by atoms with Crippen LogP contribution in [0.2, 0.25) is 0 Å². The first-order chi connectivity index (χ1) is 14.7. The van der Waals surface area contributed by atoms with Gasteiger partial charge in [0, 0.05) is 42.7 Å². The van der Waals surface area contributed by atoms with Crippen molar-refractivity contribution in [3.05, 3.63) is 64.5 Å². The summed E-state index contributed by atoms with van der Waals surface area (Å²) in [6.07, 6.45) is 0. The number of hydrogen-bond acceptors (Lipinski definition) is 6. The summed E-state index contributed by atoms with van der Waals surface area (Å²) in [5.41, 5.74) is 2.75. The van der Waals surface area contributed by atoms with E-state index in [9.17, 15) is 4.79 Å². The van der Waals surface area contributed by atoms with E-state index in [0.717, 1.165) is 41.6 Å². The molecule has 1 aliphatic rings. The second-order valence-corrected chi connectivity index (χ2v) is 8.10. The summed E-state index contributed by atoms with van der Waals surface area (Å²) >= 11 is 1.68. The standard InChI is InChI=1S/C23H25N3O3S/c1-28-19-8-6-17(7-9-19)21-16-30-22(24-21)15-25-10-12-26(13-11-25)23(27)18-4-3-5-20(14-18)29-2/h3-9,14,16H,10-13,15H2,1-2H3. The second kappa shape index (κ2) is 9.28. The quantitative estimate of drug-likeness (QED) is 0.604. The van der Waals surface area contributed by atoms with Crippen LogP contribution in [0.4, 0.5) is 0 Å². The van der Waals surface area contributed by atoms with Crippen molar-refractivity contribution in [1.29, 1.82) is 0 Å². The number of ether oxygens (including phenoxy) is 2. The number of carbonyl (C=O) groups excluding carboxylic acids is 1. The molecule has 2 aromatic carbocycles. The molecule has 0 aliphatic carbocycles. The predicted octanol–water partition coefficient (Wildman–Crippen LogP) is 3.79. The van der Waals surface area contributed by atoms with Crippen LogP contribution in [0.15, 0.2) is 53.9 Å². The van der Waals surface area contributed by atoms with Crippen molar-refractivity contribution in [3.63, 3.8) is 0 Å². The topological polar surface area (TPSA) is 54.9 Å². The highest BCUT2D eigenvalue weighted by atomic mass is 32.1. The van der Waals surface area contributed by atoms with Gasteiger partial charge in [-0.1, -0.05) is 6.07 Å². The Morgan fingerprint density at radius 2 is 1.73 bits per heavy atom. The average Bonchev–Trinajstić information content (AvgIpc) is 3.27. The van der Waals surface area contributed by atoms with Crippen LogP contribution >= 0.6 is 11.3 Å². The van der Waals surface area contributed by atoms with Gasteiger partial charge in [0.2, 0.25) is 0 Å². The summed E-state index contributed by atoms with van der Waals surface area (Å²) in [4.78, 5) is 21.8. The molecule has 1 saturated heterocycles. The number of piperazine rings is 1. The Hall–Kier alpha value is -2.90. The third-order valence-corrected chi connectivity index (χ3v) is 6.11. The van der Waals surface area contributed by atoms with Crippen LogP contribution in [0.1, 0.15) is 15.4 Å². The van der Waals surface area contributed by atoms with Crippen LogP contribution in [0.25, 0.3) is 11.3 Å². The number of carbonyl (C=O) groups is 1. The number of hydrogen-bond donors (Lipinski definition) is 0. The Balaban J connectivity index is 1.32. The summed E-state index contributed by atoms with van der Waals surface area (Å²) in [7, 11) is 3.28. The van der Waals surface area contributed by atoms with E-state index in [1.807, 2.05) is 47.4 Å². The number of aromatic nitrogens is 1. The zero-order chi connectivity index (χ0) is 20.9. The third kappa shape index (κ3) is 4.63. The minimum atomic E-state index is 0.0598. The van der Waals surface area contributed by atoms with Crippen LogP contribution in [-0.2, 0) is 6.54 Å². The molecule has 30 heavy (non-hydrogen) atoms. The van der Waals surface area contributed by atoms with E-state index in [1.165, 1.54) is 0 Å². The van der Waals surface area contributed by atoms with Crippen molar-refractivity contribution in [2.45, 2.75) is 6.54 Å². The zero-order valence-electron chi connectivity index (χ0n) is 17.2. The minimum Gasteiger partial charge on any atom is -0.497 e. The fourth-order valence-corrected chi connectivity index (χ4v) is 4.36. The van der Waals surface area contributed by atoms with Gasteiger partial charge < -0.3 is 14.4 Å². The summed E-state index contributed by atoms with van der Waals surface area (Å²) in [5, 5.41) is 3.19. The molecule has 156 valence electrons. The molecule has 1 aliphatic heterocycles. The van der Waals surface area contributed by atoms with E-state index in [0.29, 0.717) is 24.4 Å². The van der Waals surface area contributed by atoms with E-state index in [1.54, 1.807) is 31.6 Å². The molecule has 6 nitrogen and oxygen atoms in total. The zero-order valence-corrected chi connectivity index (χ0v) is 18.0. The van der Waals surface area contributed by atoms with Crippen molar-refractivity contribution in [2.24, 2.45) is 0 Å². The SMILES string of the molecule is COc1ccc(-c2csc(CN3CCN(C(=O)c4cccc(OC)c4)CC3)n2)cc1. The van der Waals surface area contributed by atoms with Crippen molar-refractivity contribution in [2.75, 3.05) is 40.4 Å². The molecule has 3 aromatic rings. The van der Waals surface area contributed by atoms with E-state index in [2.05, 4.69) is 10.3 Å². The lowest BCUT2D eigenvalue weighted by Crippen LogP contribution is -2.48. The molecule has 0 atom stereocenters. The average molecular weight is 424 g/mol. The highest BCUT2D eigenvalue weighted by Crippen LogP contribution is 2.25. The Morgan fingerprint density at radius 3 is 2.43 bits per heavy atom. The lowest BCUT2D eigenvalue weighted by atomic mass is 10.1. The van der Waals surface area contributed by atoms with Gasteiger partial charge in [-0.2, -0.15) is 0 Å². The van der Waals surface area contributed by atoms with Gasteiger partial charge in [-0.05, 0) is 42.5 Å². The lowest BCUT2D eigenvalue weighted by Gasteiger charge is -2.34. The lowest BCUT2D eigenvalue weighted by molar-refractivity contribution is 0.0628. The van der Waals surface area contributed by atoms with Crippen molar-refractivity contribution in [1.82, 2.24) is 14.8 Å². The van der Waals surface area contributed by atoms with E-state index in [-0.39, 0.29) is 5.91 Å². The van der Waals surface area contributed by atoms with Crippen molar-refractivity contribution in [3.8, 4) is 22.8 Å². The summed E-state index contributed by atoms with van der Waals surface area (Å²) < 4.78 is 10.4. The fraction of sp³-hybridized carbons (Fsp3) is 0.304. The van der Waals surface area contributed by atoms with E-state index >= 15 is 0 Å². The number of methoxy groups -OCH3 is 2. The first-order valence-corrected chi connectivity index (χ1v) is 10.8. The summed E-state index contributed by atoms with van der Waals surface area (Å²) in [6.45, 7) is 3.92. The van der Waals surface area contributed by atoms with Crippen LogP contribution in [0.5, 0.6) is 11.5 Å². The highest BCUT2D eigenvalue weighted by molar-refractivity contribution is 7.09.